The number of rotatable bonds is 7. The molecule has 3 aromatic rings. The first kappa shape index (κ1) is 22.5. The van der Waals surface area contributed by atoms with Crippen LogP contribution in [0.5, 0.6) is 11.5 Å². The Morgan fingerprint density at radius 1 is 1.23 bits per heavy atom. The normalized spacial score (nSPS) is 12.5. The van der Waals surface area contributed by atoms with Crippen molar-refractivity contribution in [1.29, 1.82) is 0 Å². The molecule has 0 saturated carbocycles. The third-order valence-electron chi connectivity index (χ3n) is 4.52. The van der Waals surface area contributed by atoms with Crippen LogP contribution in [0.15, 0.2) is 49.2 Å². The molecule has 8 heteroatoms. The third-order valence-corrected chi connectivity index (χ3v) is 5.60. The second-order valence-corrected chi connectivity index (χ2v) is 8.55. The van der Waals surface area contributed by atoms with Crippen molar-refractivity contribution in [2.45, 2.75) is 40.2 Å². The summed E-state index contributed by atoms with van der Waals surface area (Å²) in [6.45, 7) is 8.26. The average molecular weight is 537 g/mol. The zero-order valence-corrected chi connectivity index (χ0v) is 20.4. The van der Waals surface area contributed by atoms with Crippen LogP contribution in [0.1, 0.15) is 38.6 Å². The van der Waals surface area contributed by atoms with Gasteiger partial charge in [0.25, 0.3) is 5.56 Å². The van der Waals surface area contributed by atoms with E-state index in [9.17, 15) is 4.79 Å². The maximum Gasteiger partial charge on any atom is 0.282 e. The van der Waals surface area contributed by atoms with Gasteiger partial charge in [-0.3, -0.25) is 4.79 Å². The summed E-state index contributed by atoms with van der Waals surface area (Å²) in [4.78, 5) is 17.4. The van der Waals surface area contributed by atoms with E-state index in [4.69, 9.17) is 9.47 Å². The van der Waals surface area contributed by atoms with Gasteiger partial charge in [0.15, 0.2) is 11.5 Å². The van der Waals surface area contributed by atoms with E-state index in [0.29, 0.717) is 34.8 Å². The average Bonchev–Trinajstić information content (AvgIpc) is 2.71. The van der Waals surface area contributed by atoms with Gasteiger partial charge in [-0.15, -0.1) is 0 Å². The van der Waals surface area contributed by atoms with Crippen molar-refractivity contribution in [3.63, 3.8) is 0 Å². The largest absolute Gasteiger partial charge is 0.490 e. The highest BCUT2D eigenvalue weighted by atomic mass is 79.9. The van der Waals surface area contributed by atoms with Crippen molar-refractivity contribution < 1.29 is 9.47 Å². The Hall–Kier alpha value is -2.19. The van der Waals surface area contributed by atoms with Crippen molar-refractivity contribution in [3.05, 3.63) is 61.0 Å². The molecule has 0 saturated heterocycles. The van der Waals surface area contributed by atoms with E-state index in [2.05, 4.69) is 48.9 Å². The highest BCUT2D eigenvalue weighted by Gasteiger charge is 2.14. The molecule has 1 atom stereocenters. The molecule has 0 unspecified atom stereocenters. The molecule has 1 heterocycles. The van der Waals surface area contributed by atoms with Gasteiger partial charge in [-0.2, -0.15) is 9.78 Å². The molecule has 2 aromatic carbocycles. The lowest BCUT2D eigenvalue weighted by Gasteiger charge is -2.18. The minimum Gasteiger partial charge on any atom is -0.490 e. The maximum atomic E-state index is 12.9. The van der Waals surface area contributed by atoms with Crippen molar-refractivity contribution in [1.82, 2.24) is 9.66 Å². The molecule has 6 nitrogen and oxygen atoms in total. The first-order valence-corrected chi connectivity index (χ1v) is 11.3. The molecule has 0 fully saturated rings. The van der Waals surface area contributed by atoms with Crippen LogP contribution in [0.2, 0.25) is 0 Å². The number of benzene rings is 2. The van der Waals surface area contributed by atoms with Crippen LogP contribution in [0, 0.1) is 6.92 Å². The van der Waals surface area contributed by atoms with Gasteiger partial charge >= 0.3 is 0 Å². The van der Waals surface area contributed by atoms with E-state index in [-0.39, 0.29) is 11.7 Å². The predicted octanol–water partition coefficient (Wildman–Crippen LogP) is 5.69. The fourth-order valence-electron chi connectivity index (χ4n) is 2.84. The van der Waals surface area contributed by atoms with Crippen molar-refractivity contribution in [3.8, 4) is 11.5 Å². The van der Waals surface area contributed by atoms with Crippen LogP contribution >= 0.6 is 31.9 Å². The van der Waals surface area contributed by atoms with E-state index in [1.54, 1.807) is 19.2 Å². The molecule has 3 rings (SSSR count). The standard InChI is InChI=1S/C22H23Br2N3O3/c1-5-13(3)30-21-18(24)9-15(10-20(21)29-6-2)12-25-27-14(4)26-19-8-7-16(23)11-17(19)22(27)28/h7-13H,5-6H2,1-4H3/t13-/m1/s1. The molecule has 158 valence electrons. The van der Waals surface area contributed by atoms with Crippen LogP contribution in [-0.4, -0.2) is 28.6 Å². The number of hydrogen-bond acceptors (Lipinski definition) is 5. The zero-order chi connectivity index (χ0) is 21.8. The van der Waals surface area contributed by atoms with Gasteiger partial charge in [-0.25, -0.2) is 4.98 Å². The van der Waals surface area contributed by atoms with Crippen molar-refractivity contribution in [2.24, 2.45) is 5.10 Å². The van der Waals surface area contributed by atoms with Crippen LogP contribution < -0.4 is 15.0 Å². The summed E-state index contributed by atoms with van der Waals surface area (Å²) in [6.07, 6.45) is 2.55. The summed E-state index contributed by atoms with van der Waals surface area (Å²) in [7, 11) is 0. The van der Waals surface area contributed by atoms with Gasteiger partial charge < -0.3 is 9.47 Å². The number of aryl methyl sites for hydroxylation is 1. The number of ether oxygens (including phenoxy) is 2. The molecular formula is C22H23Br2N3O3. The Morgan fingerprint density at radius 2 is 2.00 bits per heavy atom. The molecule has 0 radical (unpaired) electrons. The Kier molecular flexibility index (Phi) is 7.31. The molecule has 0 aliphatic carbocycles. The van der Waals surface area contributed by atoms with Crippen molar-refractivity contribution >= 4 is 49.0 Å². The molecule has 0 aliphatic heterocycles. The smallest absolute Gasteiger partial charge is 0.282 e. The van der Waals surface area contributed by atoms with Gasteiger partial charge in [0.1, 0.15) is 5.82 Å². The lowest BCUT2D eigenvalue weighted by Crippen LogP contribution is -2.20. The third kappa shape index (κ3) is 4.92. The topological polar surface area (TPSA) is 65.7 Å². The van der Waals surface area contributed by atoms with Gasteiger partial charge in [-0.05, 0) is 79.0 Å². The Morgan fingerprint density at radius 3 is 2.70 bits per heavy atom. The highest BCUT2D eigenvalue weighted by Crippen LogP contribution is 2.37. The fraction of sp³-hybridized carbons (Fsp3) is 0.318. The monoisotopic (exact) mass is 535 g/mol. The SMILES string of the molecule is CCOc1cc(C=Nn2c(C)nc3ccc(Br)cc3c2=O)cc(Br)c1O[C@H](C)CC. The lowest BCUT2D eigenvalue weighted by atomic mass is 10.2. The van der Waals surface area contributed by atoms with Crippen LogP contribution in [0.4, 0.5) is 0 Å². The Bertz CT molecular complexity index is 1160. The summed E-state index contributed by atoms with van der Waals surface area (Å²) in [5.74, 6) is 1.79. The molecular weight excluding hydrogens is 514 g/mol. The zero-order valence-electron chi connectivity index (χ0n) is 17.3. The van der Waals surface area contributed by atoms with E-state index >= 15 is 0 Å². The second-order valence-electron chi connectivity index (χ2n) is 6.78. The lowest BCUT2D eigenvalue weighted by molar-refractivity contribution is 0.202. The second kappa shape index (κ2) is 9.75. The summed E-state index contributed by atoms with van der Waals surface area (Å²) in [5.41, 5.74) is 1.18. The maximum absolute atomic E-state index is 12.9. The van der Waals surface area contributed by atoms with Gasteiger partial charge in [0, 0.05) is 4.47 Å². The van der Waals surface area contributed by atoms with E-state index < -0.39 is 0 Å². The first-order chi connectivity index (χ1) is 14.3. The minimum atomic E-state index is -0.226. The summed E-state index contributed by atoms with van der Waals surface area (Å²) in [5, 5.41) is 4.89. The Labute approximate surface area is 192 Å². The fourth-order valence-corrected chi connectivity index (χ4v) is 3.76. The van der Waals surface area contributed by atoms with E-state index in [0.717, 1.165) is 20.9 Å². The number of fused-ring (bicyclic) bond motifs is 1. The molecule has 0 aliphatic rings. The van der Waals surface area contributed by atoms with Crippen LogP contribution in [0.3, 0.4) is 0 Å². The van der Waals surface area contributed by atoms with Gasteiger partial charge in [0.2, 0.25) is 0 Å². The number of hydrogen-bond donors (Lipinski definition) is 0. The molecule has 0 bridgehead atoms. The molecule has 0 amide bonds. The highest BCUT2D eigenvalue weighted by molar-refractivity contribution is 9.10. The Balaban J connectivity index is 2.03. The molecule has 0 spiro atoms. The first-order valence-electron chi connectivity index (χ1n) is 9.70. The molecule has 0 N–H and O–H groups in total. The number of halogens is 2. The van der Waals surface area contributed by atoms with Gasteiger partial charge in [-0.1, -0.05) is 22.9 Å². The summed E-state index contributed by atoms with van der Waals surface area (Å²) < 4.78 is 14.7. The van der Waals surface area contributed by atoms with E-state index in [1.807, 2.05) is 38.1 Å². The van der Waals surface area contributed by atoms with E-state index in [1.165, 1.54) is 4.68 Å². The molecule has 1 aromatic heterocycles. The summed E-state index contributed by atoms with van der Waals surface area (Å²) >= 11 is 6.97. The van der Waals surface area contributed by atoms with Gasteiger partial charge in [0.05, 0.1) is 34.3 Å². The minimum absolute atomic E-state index is 0.0595. The quantitative estimate of drug-likeness (QED) is 0.364. The van der Waals surface area contributed by atoms with Crippen LogP contribution in [-0.2, 0) is 0 Å². The van der Waals surface area contributed by atoms with Crippen molar-refractivity contribution in [2.75, 3.05) is 6.61 Å². The summed E-state index contributed by atoms with van der Waals surface area (Å²) in [6, 6.07) is 9.15. The number of aromatic nitrogens is 2. The predicted molar refractivity (Wildman–Crippen MR) is 127 cm³/mol. The van der Waals surface area contributed by atoms with Crippen LogP contribution in [0.25, 0.3) is 10.9 Å². The number of nitrogens with zero attached hydrogens (tertiary/aromatic N) is 3. The molecule has 30 heavy (non-hydrogen) atoms.